The van der Waals surface area contributed by atoms with Gasteiger partial charge in [0.1, 0.15) is 22.4 Å². The summed E-state index contributed by atoms with van der Waals surface area (Å²) in [6.07, 6.45) is -3.13. The van der Waals surface area contributed by atoms with Crippen molar-refractivity contribution >= 4 is 19.7 Å². The van der Waals surface area contributed by atoms with Crippen LogP contribution in [-0.4, -0.2) is 18.5 Å². The maximum absolute atomic E-state index is 12.3. The molecule has 0 aliphatic rings. The minimum Gasteiger partial charge on any atom is -0.506 e. The quantitative estimate of drug-likeness (QED) is 0.821. The van der Waals surface area contributed by atoms with E-state index in [1.807, 2.05) is 0 Å². The molecule has 5 nitrogen and oxygen atoms in total. The zero-order chi connectivity index (χ0) is 12.5. The maximum Gasteiger partial charge on any atom is 0.284 e. The number of rotatable bonds is 2. The lowest BCUT2D eigenvalue weighted by molar-refractivity contribution is 0.141. The molecule has 1 heterocycles. The highest BCUT2D eigenvalue weighted by Gasteiger charge is 2.24. The number of hydrogen-bond acceptors (Lipinski definition) is 5. The molecular formula is C7H3ClF2N2O3S. The minimum atomic E-state index is -4.33. The second kappa shape index (κ2) is 4.19. The molecule has 1 N–H and O–H groups in total. The van der Waals surface area contributed by atoms with E-state index in [4.69, 9.17) is 21.1 Å². The van der Waals surface area contributed by atoms with Crippen molar-refractivity contribution in [2.24, 2.45) is 0 Å². The van der Waals surface area contributed by atoms with Crippen LogP contribution < -0.4 is 0 Å². The van der Waals surface area contributed by atoms with Crippen LogP contribution in [-0.2, 0) is 9.05 Å². The summed E-state index contributed by atoms with van der Waals surface area (Å²) in [7, 11) is 0.601. The van der Waals surface area contributed by atoms with Gasteiger partial charge in [0.05, 0.1) is 0 Å². The molecule has 1 rings (SSSR count). The van der Waals surface area contributed by atoms with Crippen molar-refractivity contribution in [1.29, 1.82) is 5.26 Å². The summed E-state index contributed by atoms with van der Waals surface area (Å²) in [6, 6.07) is 1.77. The maximum atomic E-state index is 12.3. The standard InChI is InChI=1S/C7H3ClF2N2O3S/c8-16(14,15)5-1-4(13)6(7(9)10)12-3(5)2-11/h1,7,13H. The highest BCUT2D eigenvalue weighted by molar-refractivity contribution is 8.13. The Bertz CT molecular complexity index is 568. The van der Waals surface area contributed by atoms with Gasteiger partial charge < -0.3 is 5.11 Å². The molecule has 0 aliphatic heterocycles. The highest BCUT2D eigenvalue weighted by atomic mass is 35.7. The molecule has 1 aromatic rings. The smallest absolute Gasteiger partial charge is 0.284 e. The number of nitriles is 1. The molecule has 0 amide bonds. The van der Waals surface area contributed by atoms with Crippen molar-refractivity contribution < 1.29 is 22.3 Å². The van der Waals surface area contributed by atoms with Gasteiger partial charge in [0.2, 0.25) is 0 Å². The van der Waals surface area contributed by atoms with E-state index >= 15 is 0 Å². The Kier molecular flexibility index (Phi) is 3.30. The van der Waals surface area contributed by atoms with Crippen LogP contribution in [0.25, 0.3) is 0 Å². The molecule has 0 aliphatic carbocycles. The van der Waals surface area contributed by atoms with E-state index < -0.39 is 37.5 Å². The van der Waals surface area contributed by atoms with Gasteiger partial charge in [-0.25, -0.2) is 22.2 Å². The second-order valence-corrected chi connectivity index (χ2v) is 5.12. The number of halogens is 3. The Morgan fingerprint density at radius 2 is 2.12 bits per heavy atom. The number of alkyl halides is 2. The zero-order valence-electron chi connectivity index (χ0n) is 7.35. The first-order valence-electron chi connectivity index (χ1n) is 3.64. The fourth-order valence-corrected chi connectivity index (χ4v) is 1.85. The highest BCUT2D eigenvalue weighted by Crippen LogP contribution is 2.30. The van der Waals surface area contributed by atoms with E-state index in [1.165, 1.54) is 6.07 Å². The minimum absolute atomic E-state index is 0.468. The Hall–Kier alpha value is -1.46. The lowest BCUT2D eigenvalue weighted by Gasteiger charge is -2.05. The normalized spacial score (nSPS) is 11.4. The first-order valence-corrected chi connectivity index (χ1v) is 5.95. The van der Waals surface area contributed by atoms with Gasteiger partial charge in [0.25, 0.3) is 15.5 Å². The predicted molar refractivity (Wildman–Crippen MR) is 48.6 cm³/mol. The van der Waals surface area contributed by atoms with Gasteiger partial charge in [0.15, 0.2) is 5.69 Å². The molecule has 0 bridgehead atoms. The third kappa shape index (κ3) is 2.37. The Morgan fingerprint density at radius 3 is 2.50 bits per heavy atom. The first kappa shape index (κ1) is 12.6. The van der Waals surface area contributed by atoms with Gasteiger partial charge in [-0.3, -0.25) is 0 Å². The Morgan fingerprint density at radius 1 is 1.56 bits per heavy atom. The molecule has 0 radical (unpaired) electrons. The van der Waals surface area contributed by atoms with Crippen molar-refractivity contribution in [3.8, 4) is 11.8 Å². The van der Waals surface area contributed by atoms with Crippen LogP contribution in [0.2, 0.25) is 0 Å². The summed E-state index contributed by atoms with van der Waals surface area (Å²) in [5.41, 5.74) is -1.86. The molecule has 0 unspecified atom stereocenters. The molecule has 9 heteroatoms. The second-order valence-electron chi connectivity index (χ2n) is 2.59. The first-order chi connectivity index (χ1) is 7.27. The van der Waals surface area contributed by atoms with Crippen LogP contribution in [0.15, 0.2) is 11.0 Å². The average Bonchev–Trinajstić information content (AvgIpc) is 2.15. The van der Waals surface area contributed by atoms with Crippen molar-refractivity contribution in [1.82, 2.24) is 4.98 Å². The lowest BCUT2D eigenvalue weighted by Crippen LogP contribution is -2.02. The predicted octanol–water partition coefficient (Wildman–Crippen LogP) is 1.52. The number of aromatic hydroxyl groups is 1. The van der Waals surface area contributed by atoms with E-state index in [1.54, 1.807) is 0 Å². The molecule has 0 fully saturated rings. The van der Waals surface area contributed by atoms with Crippen molar-refractivity contribution in [2.45, 2.75) is 11.3 Å². The largest absolute Gasteiger partial charge is 0.506 e. The number of hydrogen-bond donors (Lipinski definition) is 1. The number of nitrogens with zero attached hydrogens (tertiary/aromatic N) is 2. The fraction of sp³-hybridized carbons (Fsp3) is 0.143. The Labute approximate surface area is 93.3 Å². The van der Waals surface area contributed by atoms with E-state index in [-0.39, 0.29) is 0 Å². The summed E-state index contributed by atoms with van der Waals surface area (Å²) in [4.78, 5) is 2.23. The summed E-state index contributed by atoms with van der Waals surface area (Å²) < 4.78 is 46.4. The summed E-state index contributed by atoms with van der Waals surface area (Å²) in [5.74, 6) is -1.03. The van der Waals surface area contributed by atoms with E-state index in [9.17, 15) is 17.2 Å². The van der Waals surface area contributed by atoms with Crippen molar-refractivity contribution in [2.75, 3.05) is 0 Å². The molecule has 0 atom stereocenters. The SMILES string of the molecule is N#Cc1nc(C(F)F)c(O)cc1S(=O)(=O)Cl. The third-order valence-electron chi connectivity index (χ3n) is 1.57. The van der Waals surface area contributed by atoms with Gasteiger partial charge in [-0.05, 0) is 0 Å². The molecule has 0 spiro atoms. The summed E-state index contributed by atoms with van der Waals surface area (Å²) in [6.45, 7) is 0. The van der Waals surface area contributed by atoms with Crippen LogP contribution in [0.5, 0.6) is 5.75 Å². The molecule has 0 saturated heterocycles. The van der Waals surface area contributed by atoms with Gasteiger partial charge in [-0.1, -0.05) is 0 Å². The lowest BCUT2D eigenvalue weighted by atomic mass is 10.3. The molecule has 16 heavy (non-hydrogen) atoms. The fourth-order valence-electron chi connectivity index (χ4n) is 0.926. The van der Waals surface area contributed by atoms with Crippen LogP contribution >= 0.6 is 10.7 Å². The summed E-state index contributed by atoms with van der Waals surface area (Å²) >= 11 is 0. The van der Waals surface area contributed by atoms with E-state index in [0.717, 1.165) is 0 Å². The number of aromatic nitrogens is 1. The Balaban J connectivity index is 3.59. The van der Waals surface area contributed by atoms with Crippen LogP contribution in [0, 0.1) is 11.3 Å². The van der Waals surface area contributed by atoms with Gasteiger partial charge in [-0.15, -0.1) is 0 Å². The van der Waals surface area contributed by atoms with Crippen LogP contribution in [0.4, 0.5) is 8.78 Å². The van der Waals surface area contributed by atoms with Gasteiger partial charge in [-0.2, -0.15) is 5.26 Å². The molecule has 0 saturated carbocycles. The average molecular weight is 269 g/mol. The van der Waals surface area contributed by atoms with Crippen molar-refractivity contribution in [3.63, 3.8) is 0 Å². The van der Waals surface area contributed by atoms with Crippen molar-refractivity contribution in [3.05, 3.63) is 17.5 Å². The zero-order valence-corrected chi connectivity index (χ0v) is 8.93. The number of pyridine rings is 1. The van der Waals surface area contributed by atoms with E-state index in [2.05, 4.69) is 4.98 Å². The van der Waals surface area contributed by atoms with Gasteiger partial charge in [0, 0.05) is 16.7 Å². The third-order valence-corrected chi connectivity index (χ3v) is 2.91. The molecular weight excluding hydrogens is 266 g/mol. The van der Waals surface area contributed by atoms with Crippen LogP contribution in [0.3, 0.4) is 0 Å². The molecule has 86 valence electrons. The van der Waals surface area contributed by atoms with Gasteiger partial charge >= 0.3 is 0 Å². The monoisotopic (exact) mass is 268 g/mol. The summed E-state index contributed by atoms with van der Waals surface area (Å²) in [5, 5.41) is 17.6. The molecule has 0 aromatic carbocycles. The van der Waals surface area contributed by atoms with Crippen LogP contribution in [0.1, 0.15) is 17.8 Å². The van der Waals surface area contributed by atoms with E-state index in [0.29, 0.717) is 6.07 Å². The molecule has 1 aromatic heterocycles. The topological polar surface area (TPSA) is 91.0 Å².